The quantitative estimate of drug-likeness (QED) is 0.614. The third kappa shape index (κ3) is 5.22. The van der Waals surface area contributed by atoms with Gasteiger partial charge in [-0.15, -0.1) is 11.3 Å². The number of nitrogens with zero attached hydrogens (tertiary/aromatic N) is 1. The summed E-state index contributed by atoms with van der Waals surface area (Å²) in [4.78, 5) is 15.9. The average Bonchev–Trinajstić information content (AvgIpc) is 3.14. The third-order valence-electron chi connectivity index (χ3n) is 3.38. The first-order valence-corrected chi connectivity index (χ1v) is 10.1. The molecule has 0 aliphatic heterocycles. The molecule has 1 aromatic heterocycles. The van der Waals surface area contributed by atoms with Gasteiger partial charge in [0.2, 0.25) is 5.91 Å². The molecule has 3 aromatic rings. The molecule has 27 heavy (non-hydrogen) atoms. The number of benzene rings is 2. The number of hydrogen-bond donors (Lipinski definition) is 2. The van der Waals surface area contributed by atoms with Gasteiger partial charge in [0.15, 0.2) is 5.13 Å². The standard InChI is InChI=1S/C18H14FN3O3S2/c19-14-4-1-13(2-5-14)3-10-17(23)21-15-6-8-16(9-7-15)27(24,25)22-18-20-11-12-26-18/h1-12H,(H,20,22)(H,21,23). The van der Waals surface area contributed by atoms with Crippen molar-refractivity contribution in [2.75, 3.05) is 10.0 Å². The Bertz CT molecular complexity index is 1050. The van der Waals surface area contributed by atoms with Gasteiger partial charge >= 0.3 is 0 Å². The Balaban J connectivity index is 1.63. The molecule has 138 valence electrons. The molecule has 2 N–H and O–H groups in total. The molecule has 0 spiro atoms. The van der Waals surface area contributed by atoms with E-state index in [1.807, 2.05) is 0 Å². The molecule has 0 unspecified atom stereocenters. The van der Waals surface area contributed by atoms with Gasteiger partial charge < -0.3 is 5.32 Å². The van der Waals surface area contributed by atoms with Gasteiger partial charge in [-0.05, 0) is 48.0 Å². The summed E-state index contributed by atoms with van der Waals surface area (Å²) in [5, 5.41) is 4.56. The van der Waals surface area contributed by atoms with Gasteiger partial charge in [-0.2, -0.15) is 0 Å². The van der Waals surface area contributed by atoms with Crippen LogP contribution in [-0.2, 0) is 14.8 Å². The number of carbonyl (C=O) groups excluding carboxylic acids is 1. The molecule has 6 nitrogen and oxygen atoms in total. The van der Waals surface area contributed by atoms with Crippen molar-refractivity contribution in [3.63, 3.8) is 0 Å². The van der Waals surface area contributed by atoms with E-state index in [4.69, 9.17) is 0 Å². The summed E-state index contributed by atoms with van der Waals surface area (Å²) in [6.07, 6.45) is 4.36. The SMILES string of the molecule is O=C(C=Cc1ccc(F)cc1)Nc1ccc(S(=O)(=O)Nc2nccs2)cc1. The minimum absolute atomic E-state index is 0.0533. The Labute approximate surface area is 159 Å². The molecule has 0 saturated carbocycles. The largest absolute Gasteiger partial charge is 0.323 e. The second-order valence-electron chi connectivity index (χ2n) is 5.34. The maximum absolute atomic E-state index is 12.8. The third-order valence-corrected chi connectivity index (χ3v) is 5.56. The highest BCUT2D eigenvalue weighted by molar-refractivity contribution is 7.93. The van der Waals surface area contributed by atoms with E-state index >= 15 is 0 Å². The Morgan fingerprint density at radius 1 is 1.07 bits per heavy atom. The first kappa shape index (κ1) is 18.7. The predicted molar refractivity (Wildman–Crippen MR) is 103 cm³/mol. The fraction of sp³-hybridized carbons (Fsp3) is 0. The Hall–Kier alpha value is -3.04. The van der Waals surface area contributed by atoms with E-state index in [0.717, 1.165) is 0 Å². The van der Waals surface area contributed by atoms with Crippen molar-refractivity contribution in [3.05, 3.63) is 77.6 Å². The molecule has 0 aliphatic rings. The van der Waals surface area contributed by atoms with Crippen molar-refractivity contribution < 1.29 is 17.6 Å². The molecule has 0 radical (unpaired) electrons. The number of halogens is 1. The number of rotatable bonds is 6. The number of sulfonamides is 1. The van der Waals surface area contributed by atoms with Crippen LogP contribution in [0.15, 0.2) is 71.1 Å². The van der Waals surface area contributed by atoms with Crippen molar-refractivity contribution >= 4 is 44.2 Å². The highest BCUT2D eigenvalue weighted by atomic mass is 32.2. The molecule has 2 aromatic carbocycles. The summed E-state index contributed by atoms with van der Waals surface area (Å²) in [5.74, 6) is -0.744. The van der Waals surface area contributed by atoms with Crippen LogP contribution in [-0.4, -0.2) is 19.3 Å². The number of amides is 1. The van der Waals surface area contributed by atoms with Crippen LogP contribution in [0.3, 0.4) is 0 Å². The van der Waals surface area contributed by atoms with Crippen LogP contribution < -0.4 is 10.0 Å². The fourth-order valence-corrected chi connectivity index (χ4v) is 3.88. The van der Waals surface area contributed by atoms with E-state index in [2.05, 4.69) is 15.0 Å². The summed E-state index contributed by atoms with van der Waals surface area (Å²) in [7, 11) is -3.74. The minimum atomic E-state index is -3.74. The van der Waals surface area contributed by atoms with Gasteiger partial charge in [-0.1, -0.05) is 12.1 Å². The van der Waals surface area contributed by atoms with E-state index in [9.17, 15) is 17.6 Å². The molecule has 3 rings (SSSR count). The van der Waals surface area contributed by atoms with E-state index in [0.29, 0.717) is 11.3 Å². The maximum Gasteiger partial charge on any atom is 0.263 e. The number of hydrogen-bond acceptors (Lipinski definition) is 5. The van der Waals surface area contributed by atoms with E-state index in [1.165, 1.54) is 60.0 Å². The van der Waals surface area contributed by atoms with Crippen molar-refractivity contribution in [2.45, 2.75) is 4.90 Å². The second-order valence-corrected chi connectivity index (χ2v) is 7.92. The van der Waals surface area contributed by atoms with Crippen LogP contribution in [0, 0.1) is 5.82 Å². The van der Waals surface area contributed by atoms with E-state index in [1.54, 1.807) is 23.6 Å². The van der Waals surface area contributed by atoms with Crippen LogP contribution in [0.25, 0.3) is 6.08 Å². The molecular formula is C18H14FN3O3S2. The van der Waals surface area contributed by atoms with Gasteiger partial charge in [0.05, 0.1) is 4.90 Å². The van der Waals surface area contributed by atoms with Crippen molar-refractivity contribution in [1.29, 1.82) is 0 Å². The molecule has 9 heteroatoms. The zero-order valence-electron chi connectivity index (χ0n) is 13.8. The fourth-order valence-electron chi connectivity index (χ4n) is 2.09. The lowest BCUT2D eigenvalue weighted by molar-refractivity contribution is -0.111. The normalized spacial score (nSPS) is 11.4. The van der Waals surface area contributed by atoms with Gasteiger partial charge in [0, 0.05) is 23.3 Å². The molecule has 1 heterocycles. The second kappa shape index (κ2) is 8.11. The number of carbonyl (C=O) groups is 1. The molecule has 1 amide bonds. The summed E-state index contributed by atoms with van der Waals surface area (Å²) >= 11 is 1.17. The highest BCUT2D eigenvalue weighted by Gasteiger charge is 2.15. The first-order valence-electron chi connectivity index (χ1n) is 7.69. The monoisotopic (exact) mass is 403 g/mol. The molecular weight excluding hydrogens is 389 g/mol. The molecule has 0 saturated heterocycles. The van der Waals surface area contributed by atoms with Crippen molar-refractivity contribution in [1.82, 2.24) is 4.98 Å². The van der Waals surface area contributed by atoms with E-state index in [-0.39, 0.29) is 15.8 Å². The van der Waals surface area contributed by atoms with Crippen LogP contribution in [0.5, 0.6) is 0 Å². The number of thiazole rings is 1. The smallest absolute Gasteiger partial charge is 0.263 e. The van der Waals surface area contributed by atoms with Crippen LogP contribution in [0.4, 0.5) is 15.2 Å². The molecule has 0 bridgehead atoms. The Morgan fingerprint density at radius 2 is 1.78 bits per heavy atom. The van der Waals surface area contributed by atoms with Gasteiger partial charge in [-0.25, -0.2) is 17.8 Å². The number of aromatic nitrogens is 1. The summed E-state index contributed by atoms with van der Waals surface area (Å²) in [6.45, 7) is 0. The van der Waals surface area contributed by atoms with Gasteiger partial charge in [0.25, 0.3) is 10.0 Å². The zero-order valence-corrected chi connectivity index (χ0v) is 15.4. The average molecular weight is 403 g/mol. The highest BCUT2D eigenvalue weighted by Crippen LogP contribution is 2.19. The van der Waals surface area contributed by atoms with Crippen molar-refractivity contribution in [3.8, 4) is 0 Å². The molecule has 0 atom stereocenters. The van der Waals surface area contributed by atoms with Crippen LogP contribution in [0.1, 0.15) is 5.56 Å². The molecule has 0 aliphatic carbocycles. The summed E-state index contributed by atoms with van der Waals surface area (Å²) in [6, 6.07) is 11.4. The van der Waals surface area contributed by atoms with Gasteiger partial charge in [0.1, 0.15) is 5.82 Å². The van der Waals surface area contributed by atoms with Crippen LogP contribution >= 0.6 is 11.3 Å². The minimum Gasteiger partial charge on any atom is -0.323 e. The topological polar surface area (TPSA) is 88.2 Å². The molecule has 0 fully saturated rings. The number of nitrogens with one attached hydrogen (secondary N) is 2. The predicted octanol–water partition coefficient (Wildman–Crippen LogP) is 3.73. The summed E-state index contributed by atoms with van der Waals surface area (Å²) in [5.41, 5.74) is 1.12. The summed E-state index contributed by atoms with van der Waals surface area (Å²) < 4.78 is 39.7. The Morgan fingerprint density at radius 3 is 2.41 bits per heavy atom. The zero-order chi connectivity index (χ0) is 19.3. The van der Waals surface area contributed by atoms with Crippen molar-refractivity contribution in [2.24, 2.45) is 0 Å². The lowest BCUT2D eigenvalue weighted by atomic mass is 10.2. The van der Waals surface area contributed by atoms with E-state index < -0.39 is 15.9 Å². The Kier molecular flexibility index (Phi) is 5.63. The maximum atomic E-state index is 12.8. The lowest BCUT2D eigenvalue weighted by Crippen LogP contribution is -2.13. The van der Waals surface area contributed by atoms with Crippen LogP contribution in [0.2, 0.25) is 0 Å². The number of anilines is 2. The first-order chi connectivity index (χ1) is 12.9. The lowest BCUT2D eigenvalue weighted by Gasteiger charge is -2.07. The van der Waals surface area contributed by atoms with Gasteiger partial charge in [-0.3, -0.25) is 9.52 Å².